The SMILES string of the molecule is CC(=O)c1ccc(-c2ccc(F)c(F)c2)cc1. The first-order valence-electron chi connectivity index (χ1n) is 5.14. The molecule has 2 rings (SSSR count). The molecule has 0 N–H and O–H groups in total. The highest BCUT2D eigenvalue weighted by molar-refractivity contribution is 5.94. The highest BCUT2D eigenvalue weighted by Crippen LogP contribution is 2.22. The van der Waals surface area contributed by atoms with Gasteiger partial charge in [0.15, 0.2) is 17.4 Å². The molecule has 0 unspecified atom stereocenters. The standard InChI is InChI=1S/C14H10F2O/c1-9(17)10-2-4-11(5-3-10)12-6-7-13(15)14(16)8-12/h2-8H,1H3. The van der Waals surface area contributed by atoms with Crippen LogP contribution in [0.2, 0.25) is 0 Å². The maximum atomic E-state index is 13.0. The normalized spacial score (nSPS) is 10.3. The van der Waals surface area contributed by atoms with Crippen LogP contribution in [0.4, 0.5) is 8.78 Å². The minimum atomic E-state index is -0.877. The van der Waals surface area contributed by atoms with Crippen molar-refractivity contribution < 1.29 is 13.6 Å². The van der Waals surface area contributed by atoms with Crippen molar-refractivity contribution in [2.75, 3.05) is 0 Å². The third-order valence-corrected chi connectivity index (χ3v) is 2.54. The van der Waals surface area contributed by atoms with Gasteiger partial charge < -0.3 is 0 Å². The van der Waals surface area contributed by atoms with E-state index in [0.717, 1.165) is 17.7 Å². The van der Waals surface area contributed by atoms with E-state index in [1.165, 1.54) is 13.0 Å². The van der Waals surface area contributed by atoms with Crippen molar-refractivity contribution in [2.24, 2.45) is 0 Å². The first-order chi connectivity index (χ1) is 8.08. The summed E-state index contributed by atoms with van der Waals surface area (Å²) >= 11 is 0. The molecule has 0 aromatic heterocycles. The number of Topliss-reactive ketones (excluding diaryl/α,β-unsaturated/α-hetero) is 1. The lowest BCUT2D eigenvalue weighted by atomic mass is 10.0. The van der Waals surface area contributed by atoms with Crippen molar-refractivity contribution in [3.8, 4) is 11.1 Å². The monoisotopic (exact) mass is 232 g/mol. The average molecular weight is 232 g/mol. The molecule has 0 aliphatic rings. The molecule has 0 saturated carbocycles. The van der Waals surface area contributed by atoms with Crippen molar-refractivity contribution >= 4 is 5.78 Å². The second kappa shape index (κ2) is 4.45. The third kappa shape index (κ3) is 2.38. The van der Waals surface area contributed by atoms with Crippen molar-refractivity contribution in [3.05, 3.63) is 59.7 Å². The molecular weight excluding hydrogens is 222 g/mol. The molecule has 0 radical (unpaired) electrons. The van der Waals surface area contributed by atoms with Gasteiger partial charge in [-0.2, -0.15) is 0 Å². The van der Waals surface area contributed by atoms with E-state index in [1.807, 2.05) is 0 Å². The van der Waals surface area contributed by atoms with Gasteiger partial charge in [-0.05, 0) is 30.2 Å². The quantitative estimate of drug-likeness (QED) is 0.719. The van der Waals surface area contributed by atoms with Gasteiger partial charge >= 0.3 is 0 Å². The summed E-state index contributed by atoms with van der Waals surface area (Å²) in [7, 11) is 0. The molecule has 86 valence electrons. The van der Waals surface area contributed by atoms with Crippen LogP contribution in [0.25, 0.3) is 11.1 Å². The second-order valence-electron chi connectivity index (χ2n) is 3.76. The highest BCUT2D eigenvalue weighted by Gasteiger charge is 2.05. The number of carbonyl (C=O) groups excluding carboxylic acids is 1. The highest BCUT2D eigenvalue weighted by atomic mass is 19.2. The van der Waals surface area contributed by atoms with Crippen LogP contribution in [-0.4, -0.2) is 5.78 Å². The van der Waals surface area contributed by atoms with Crippen LogP contribution in [-0.2, 0) is 0 Å². The number of hydrogen-bond acceptors (Lipinski definition) is 1. The first kappa shape index (κ1) is 11.5. The number of hydrogen-bond donors (Lipinski definition) is 0. The number of rotatable bonds is 2. The van der Waals surface area contributed by atoms with Crippen LogP contribution in [0, 0.1) is 11.6 Å². The molecule has 0 bridgehead atoms. The fourth-order valence-electron chi connectivity index (χ4n) is 1.57. The molecule has 0 atom stereocenters. The van der Waals surface area contributed by atoms with Crippen LogP contribution in [0.5, 0.6) is 0 Å². The van der Waals surface area contributed by atoms with E-state index in [9.17, 15) is 13.6 Å². The van der Waals surface area contributed by atoms with Gasteiger partial charge in [0, 0.05) is 5.56 Å². The van der Waals surface area contributed by atoms with Gasteiger partial charge in [0.1, 0.15) is 0 Å². The molecule has 0 aliphatic carbocycles. The Labute approximate surface area is 97.7 Å². The fraction of sp³-hybridized carbons (Fsp3) is 0.0714. The Morgan fingerprint density at radius 1 is 0.882 bits per heavy atom. The predicted molar refractivity (Wildman–Crippen MR) is 61.8 cm³/mol. The summed E-state index contributed by atoms with van der Waals surface area (Å²) in [5.41, 5.74) is 1.92. The molecule has 0 saturated heterocycles. The maximum Gasteiger partial charge on any atom is 0.159 e. The first-order valence-corrected chi connectivity index (χ1v) is 5.14. The molecule has 1 nitrogen and oxygen atoms in total. The smallest absolute Gasteiger partial charge is 0.159 e. The summed E-state index contributed by atoms with van der Waals surface area (Å²) in [6, 6.07) is 10.5. The van der Waals surface area contributed by atoms with Gasteiger partial charge in [-0.3, -0.25) is 4.79 Å². The zero-order valence-corrected chi connectivity index (χ0v) is 9.21. The van der Waals surface area contributed by atoms with Crippen LogP contribution in [0.3, 0.4) is 0 Å². The van der Waals surface area contributed by atoms with E-state index in [4.69, 9.17) is 0 Å². The molecule has 0 spiro atoms. The molecule has 0 fully saturated rings. The molecule has 2 aromatic rings. The molecule has 0 amide bonds. The molecule has 0 aliphatic heterocycles. The van der Waals surface area contributed by atoms with Crippen LogP contribution in [0.1, 0.15) is 17.3 Å². The van der Waals surface area contributed by atoms with E-state index in [-0.39, 0.29) is 5.78 Å². The predicted octanol–water partition coefficient (Wildman–Crippen LogP) is 3.83. The van der Waals surface area contributed by atoms with Crippen LogP contribution < -0.4 is 0 Å². The Hall–Kier alpha value is -2.03. The van der Waals surface area contributed by atoms with E-state index >= 15 is 0 Å². The Kier molecular flexibility index (Phi) is 3.00. The number of carbonyl (C=O) groups is 1. The number of ketones is 1. The molecular formula is C14H10F2O. The molecule has 2 aromatic carbocycles. The molecule has 3 heteroatoms. The Morgan fingerprint density at radius 3 is 2.00 bits per heavy atom. The summed E-state index contributed by atoms with van der Waals surface area (Å²) in [6.07, 6.45) is 0. The van der Waals surface area contributed by atoms with Crippen LogP contribution >= 0.6 is 0 Å². The van der Waals surface area contributed by atoms with E-state index in [1.54, 1.807) is 24.3 Å². The third-order valence-electron chi connectivity index (χ3n) is 2.54. The molecule has 0 heterocycles. The van der Waals surface area contributed by atoms with Gasteiger partial charge in [-0.15, -0.1) is 0 Å². The maximum absolute atomic E-state index is 13.0. The Bertz CT molecular complexity index is 559. The summed E-state index contributed by atoms with van der Waals surface area (Å²) < 4.78 is 25.8. The lowest BCUT2D eigenvalue weighted by Gasteiger charge is -2.03. The van der Waals surface area contributed by atoms with Gasteiger partial charge in [-0.25, -0.2) is 8.78 Å². The Morgan fingerprint density at radius 2 is 1.47 bits per heavy atom. The second-order valence-corrected chi connectivity index (χ2v) is 3.76. The van der Waals surface area contributed by atoms with E-state index < -0.39 is 11.6 Å². The van der Waals surface area contributed by atoms with Gasteiger partial charge in [0.05, 0.1) is 0 Å². The zero-order chi connectivity index (χ0) is 12.4. The van der Waals surface area contributed by atoms with Gasteiger partial charge in [0.2, 0.25) is 0 Å². The minimum absolute atomic E-state index is 0.0261. The van der Waals surface area contributed by atoms with E-state index in [0.29, 0.717) is 11.1 Å². The molecule has 17 heavy (non-hydrogen) atoms. The lowest BCUT2D eigenvalue weighted by Crippen LogP contribution is -1.91. The van der Waals surface area contributed by atoms with E-state index in [2.05, 4.69) is 0 Å². The zero-order valence-electron chi connectivity index (χ0n) is 9.21. The summed E-state index contributed by atoms with van der Waals surface area (Å²) in [6.45, 7) is 1.48. The number of halogens is 2. The lowest BCUT2D eigenvalue weighted by molar-refractivity contribution is 0.101. The van der Waals surface area contributed by atoms with Gasteiger partial charge in [0.25, 0.3) is 0 Å². The minimum Gasteiger partial charge on any atom is -0.295 e. The topological polar surface area (TPSA) is 17.1 Å². The van der Waals surface area contributed by atoms with Crippen molar-refractivity contribution in [3.63, 3.8) is 0 Å². The summed E-state index contributed by atoms with van der Waals surface area (Å²) in [5, 5.41) is 0. The summed E-state index contributed by atoms with van der Waals surface area (Å²) in [5.74, 6) is -1.77. The largest absolute Gasteiger partial charge is 0.295 e. The average Bonchev–Trinajstić information content (AvgIpc) is 2.33. The summed E-state index contributed by atoms with van der Waals surface area (Å²) in [4.78, 5) is 11.1. The van der Waals surface area contributed by atoms with Crippen molar-refractivity contribution in [1.29, 1.82) is 0 Å². The Balaban J connectivity index is 2.39. The van der Waals surface area contributed by atoms with Crippen LogP contribution in [0.15, 0.2) is 42.5 Å². The fourth-order valence-corrected chi connectivity index (χ4v) is 1.57. The van der Waals surface area contributed by atoms with Gasteiger partial charge in [-0.1, -0.05) is 30.3 Å². The van der Waals surface area contributed by atoms with Crippen molar-refractivity contribution in [2.45, 2.75) is 6.92 Å². The van der Waals surface area contributed by atoms with Crippen molar-refractivity contribution in [1.82, 2.24) is 0 Å². The number of benzene rings is 2.